The number of rotatable bonds is 6. The molecule has 0 bridgehead atoms. The zero-order valence-electron chi connectivity index (χ0n) is 11.0. The third-order valence-electron chi connectivity index (χ3n) is 2.68. The number of nitrogens with zero attached hydrogens (tertiary/aromatic N) is 2. The van der Waals surface area contributed by atoms with E-state index < -0.39 is 0 Å². The fourth-order valence-corrected chi connectivity index (χ4v) is 2.33. The quantitative estimate of drug-likeness (QED) is 0.760. The summed E-state index contributed by atoms with van der Waals surface area (Å²) in [6, 6.07) is 5.90. The average Bonchev–Trinajstić information content (AvgIpc) is 3.06. The van der Waals surface area contributed by atoms with Gasteiger partial charge in [0.25, 0.3) is 0 Å². The van der Waals surface area contributed by atoms with Crippen molar-refractivity contribution in [3.63, 3.8) is 0 Å². The van der Waals surface area contributed by atoms with E-state index in [0.29, 0.717) is 19.5 Å². The molecule has 0 radical (unpaired) electrons. The molecule has 6 heteroatoms. The van der Waals surface area contributed by atoms with E-state index in [1.165, 1.54) is 7.11 Å². The number of carbonyl (C=O) groups excluding carboxylic acids is 1. The second kappa shape index (κ2) is 6.49. The Morgan fingerprint density at radius 3 is 3.11 bits per heavy atom. The van der Waals surface area contributed by atoms with Crippen LogP contribution >= 0.6 is 11.3 Å². The molecule has 0 atom stereocenters. The lowest BCUT2D eigenvalue weighted by Crippen LogP contribution is -2.21. The van der Waals surface area contributed by atoms with Gasteiger partial charge in [-0.1, -0.05) is 11.2 Å². The molecule has 0 spiro atoms. The summed E-state index contributed by atoms with van der Waals surface area (Å²) in [5.41, 5.74) is 0.857. The van der Waals surface area contributed by atoms with E-state index in [0.717, 1.165) is 16.3 Å². The first kappa shape index (κ1) is 13.8. The Morgan fingerprint density at radius 2 is 2.42 bits per heavy atom. The summed E-state index contributed by atoms with van der Waals surface area (Å²) in [5.74, 6) is 0.581. The number of methoxy groups -OCH3 is 1. The Morgan fingerprint density at radius 1 is 1.58 bits per heavy atom. The maximum atomic E-state index is 11.0. The lowest BCUT2D eigenvalue weighted by molar-refractivity contribution is -0.140. The van der Waals surface area contributed by atoms with Crippen LogP contribution in [-0.2, 0) is 16.1 Å². The molecule has 2 aromatic rings. The topological polar surface area (TPSA) is 55.6 Å². The zero-order chi connectivity index (χ0) is 13.7. The molecule has 19 heavy (non-hydrogen) atoms. The molecule has 0 amide bonds. The Hall–Kier alpha value is -1.66. The molecule has 0 saturated carbocycles. The highest BCUT2D eigenvalue weighted by Crippen LogP contribution is 2.25. The fraction of sp³-hybridized carbons (Fsp3) is 0.385. The number of hydrogen-bond acceptors (Lipinski definition) is 6. The summed E-state index contributed by atoms with van der Waals surface area (Å²) >= 11 is 1.62. The second-order valence-electron chi connectivity index (χ2n) is 4.22. The Labute approximate surface area is 115 Å². The number of esters is 1. The SMILES string of the molecule is COC(=O)CCN(C)Cc1cc(-c2cccs2)on1. The molecule has 0 fully saturated rings. The predicted molar refractivity (Wildman–Crippen MR) is 72.8 cm³/mol. The second-order valence-corrected chi connectivity index (χ2v) is 5.17. The summed E-state index contributed by atoms with van der Waals surface area (Å²) in [4.78, 5) is 14.1. The first-order chi connectivity index (χ1) is 9.19. The van der Waals surface area contributed by atoms with Gasteiger partial charge >= 0.3 is 5.97 Å². The Balaban J connectivity index is 1.88. The highest BCUT2D eigenvalue weighted by atomic mass is 32.1. The van der Waals surface area contributed by atoms with Gasteiger partial charge in [0.2, 0.25) is 0 Å². The molecule has 0 aliphatic heterocycles. The minimum absolute atomic E-state index is 0.203. The number of hydrogen-bond donors (Lipinski definition) is 0. The molecule has 5 nitrogen and oxygen atoms in total. The molecule has 2 aromatic heterocycles. The van der Waals surface area contributed by atoms with Crippen molar-refractivity contribution in [3.8, 4) is 10.6 Å². The molecule has 0 N–H and O–H groups in total. The zero-order valence-corrected chi connectivity index (χ0v) is 11.8. The molecule has 0 saturated heterocycles. The van der Waals surface area contributed by atoms with Crippen molar-refractivity contribution in [2.75, 3.05) is 20.7 Å². The molecular formula is C13H16N2O3S. The van der Waals surface area contributed by atoms with Gasteiger partial charge in [-0.2, -0.15) is 0 Å². The molecule has 2 rings (SSSR count). The largest absolute Gasteiger partial charge is 0.469 e. The molecule has 102 valence electrons. The molecule has 0 unspecified atom stereocenters. The van der Waals surface area contributed by atoms with Gasteiger partial charge < -0.3 is 9.26 Å². The molecule has 0 aromatic carbocycles. The number of aromatic nitrogens is 1. The van der Waals surface area contributed by atoms with Gasteiger partial charge in [-0.05, 0) is 18.5 Å². The standard InChI is InChI=1S/C13H16N2O3S/c1-15(6-5-13(16)17-2)9-10-8-11(18-14-10)12-4-3-7-19-12/h3-4,7-8H,5-6,9H2,1-2H3. The normalized spacial score (nSPS) is 10.9. The van der Waals surface area contributed by atoms with E-state index in [1.807, 2.05) is 35.5 Å². The minimum Gasteiger partial charge on any atom is -0.469 e. The molecular weight excluding hydrogens is 264 g/mol. The van der Waals surface area contributed by atoms with E-state index in [2.05, 4.69) is 9.89 Å². The molecule has 0 aliphatic carbocycles. The van der Waals surface area contributed by atoms with Gasteiger partial charge in [0.1, 0.15) is 0 Å². The van der Waals surface area contributed by atoms with Gasteiger partial charge in [0.15, 0.2) is 5.76 Å². The maximum absolute atomic E-state index is 11.0. The van der Waals surface area contributed by atoms with Crippen LogP contribution in [-0.4, -0.2) is 36.7 Å². The third-order valence-corrected chi connectivity index (χ3v) is 3.56. The number of ether oxygens (including phenoxy) is 1. The fourth-order valence-electron chi connectivity index (χ4n) is 1.66. The van der Waals surface area contributed by atoms with Crippen molar-refractivity contribution in [1.82, 2.24) is 10.1 Å². The van der Waals surface area contributed by atoms with Crippen LogP contribution in [0, 0.1) is 0 Å². The van der Waals surface area contributed by atoms with Gasteiger partial charge in [-0.25, -0.2) is 0 Å². The van der Waals surface area contributed by atoms with E-state index in [4.69, 9.17) is 4.52 Å². The summed E-state index contributed by atoms with van der Waals surface area (Å²) in [6.07, 6.45) is 0.378. The van der Waals surface area contributed by atoms with E-state index in [1.54, 1.807) is 11.3 Å². The van der Waals surface area contributed by atoms with Crippen molar-refractivity contribution in [2.45, 2.75) is 13.0 Å². The van der Waals surface area contributed by atoms with Crippen LogP contribution in [0.25, 0.3) is 10.6 Å². The number of thiophene rings is 1. The van der Waals surface area contributed by atoms with E-state index >= 15 is 0 Å². The monoisotopic (exact) mass is 280 g/mol. The molecule has 0 aliphatic rings. The summed E-state index contributed by atoms with van der Waals surface area (Å²) in [7, 11) is 3.33. The average molecular weight is 280 g/mol. The third kappa shape index (κ3) is 3.90. The van der Waals surface area contributed by atoms with Gasteiger partial charge in [-0.15, -0.1) is 11.3 Å². The predicted octanol–water partition coefficient (Wildman–Crippen LogP) is 2.40. The van der Waals surface area contributed by atoms with Crippen LogP contribution in [0.3, 0.4) is 0 Å². The van der Waals surface area contributed by atoms with Crippen LogP contribution in [0.1, 0.15) is 12.1 Å². The smallest absolute Gasteiger partial charge is 0.306 e. The van der Waals surface area contributed by atoms with Gasteiger partial charge in [-0.3, -0.25) is 9.69 Å². The summed E-state index contributed by atoms with van der Waals surface area (Å²) in [6.45, 7) is 1.28. The van der Waals surface area contributed by atoms with Crippen LogP contribution in [0.4, 0.5) is 0 Å². The highest BCUT2D eigenvalue weighted by molar-refractivity contribution is 7.13. The van der Waals surface area contributed by atoms with Crippen molar-refractivity contribution >= 4 is 17.3 Å². The van der Waals surface area contributed by atoms with E-state index in [9.17, 15) is 4.79 Å². The lowest BCUT2D eigenvalue weighted by atomic mass is 10.3. The molecule has 2 heterocycles. The van der Waals surface area contributed by atoms with Crippen LogP contribution in [0.5, 0.6) is 0 Å². The highest BCUT2D eigenvalue weighted by Gasteiger charge is 2.10. The summed E-state index contributed by atoms with van der Waals surface area (Å²) in [5, 5.41) is 6.03. The maximum Gasteiger partial charge on any atom is 0.306 e. The van der Waals surface area contributed by atoms with Crippen molar-refractivity contribution < 1.29 is 14.1 Å². The van der Waals surface area contributed by atoms with Crippen molar-refractivity contribution in [3.05, 3.63) is 29.3 Å². The lowest BCUT2D eigenvalue weighted by Gasteiger charge is -2.13. The van der Waals surface area contributed by atoms with Crippen molar-refractivity contribution in [1.29, 1.82) is 0 Å². The van der Waals surface area contributed by atoms with E-state index in [-0.39, 0.29) is 5.97 Å². The number of carbonyl (C=O) groups is 1. The van der Waals surface area contributed by atoms with Gasteiger partial charge in [0, 0.05) is 19.2 Å². The van der Waals surface area contributed by atoms with Crippen LogP contribution < -0.4 is 0 Å². The minimum atomic E-state index is -0.203. The summed E-state index contributed by atoms with van der Waals surface area (Å²) < 4.78 is 9.90. The Kier molecular flexibility index (Phi) is 4.70. The first-order valence-electron chi connectivity index (χ1n) is 5.94. The Bertz CT molecular complexity index is 522. The van der Waals surface area contributed by atoms with Crippen molar-refractivity contribution in [2.24, 2.45) is 0 Å². The van der Waals surface area contributed by atoms with Crippen LogP contribution in [0.2, 0.25) is 0 Å². The van der Waals surface area contributed by atoms with Gasteiger partial charge in [0.05, 0.1) is 24.1 Å². The van der Waals surface area contributed by atoms with Crippen LogP contribution in [0.15, 0.2) is 28.1 Å². The first-order valence-corrected chi connectivity index (χ1v) is 6.82.